The first-order valence-corrected chi connectivity index (χ1v) is 6.01. The number of hydrogen-bond acceptors (Lipinski definition) is 2. The van der Waals surface area contributed by atoms with E-state index in [1.54, 1.807) is 0 Å². The first-order valence-electron chi connectivity index (χ1n) is 6.01. The third-order valence-electron chi connectivity index (χ3n) is 3.16. The molecular weight excluding hydrogens is 230 g/mol. The van der Waals surface area contributed by atoms with Gasteiger partial charge < -0.3 is 16.0 Å². The van der Waals surface area contributed by atoms with Crippen LogP contribution in [0, 0.1) is 6.92 Å². The standard InChI is InChI=1S/C13H17N3O2/c1-9-4-6-10(7-5-9)15-12(17)11-3-2-8-16(11)13(14)18/h4-7,11H,2-3,8H2,1H3,(H2,14,18)(H,15,17)/t11-/m0/s1. The van der Waals surface area contributed by atoms with Crippen LogP contribution in [0.25, 0.3) is 0 Å². The Morgan fingerprint density at radius 2 is 2.00 bits per heavy atom. The van der Waals surface area contributed by atoms with Gasteiger partial charge in [0.1, 0.15) is 6.04 Å². The fourth-order valence-corrected chi connectivity index (χ4v) is 2.17. The second-order valence-corrected chi connectivity index (χ2v) is 4.54. The van der Waals surface area contributed by atoms with Crippen molar-refractivity contribution in [3.8, 4) is 0 Å². The molecule has 2 rings (SSSR count). The number of rotatable bonds is 2. The number of benzene rings is 1. The van der Waals surface area contributed by atoms with Crippen molar-refractivity contribution in [2.24, 2.45) is 5.73 Å². The first kappa shape index (κ1) is 12.4. The third-order valence-corrected chi connectivity index (χ3v) is 3.16. The number of aryl methyl sites for hydroxylation is 1. The van der Waals surface area contributed by atoms with Crippen LogP contribution in [0.3, 0.4) is 0 Å². The lowest BCUT2D eigenvalue weighted by atomic mass is 10.2. The molecule has 1 atom stereocenters. The zero-order valence-electron chi connectivity index (χ0n) is 10.3. The zero-order valence-corrected chi connectivity index (χ0v) is 10.3. The summed E-state index contributed by atoms with van der Waals surface area (Å²) in [5.74, 6) is -0.171. The molecule has 96 valence electrons. The fraction of sp³-hybridized carbons (Fsp3) is 0.385. The van der Waals surface area contributed by atoms with Gasteiger partial charge in [0, 0.05) is 12.2 Å². The average molecular weight is 247 g/mol. The third kappa shape index (κ3) is 2.61. The number of hydrogen-bond donors (Lipinski definition) is 2. The van der Waals surface area contributed by atoms with Crippen LogP contribution in [-0.2, 0) is 4.79 Å². The van der Waals surface area contributed by atoms with E-state index in [2.05, 4.69) is 5.32 Å². The van der Waals surface area contributed by atoms with Crippen LogP contribution in [0.2, 0.25) is 0 Å². The maximum Gasteiger partial charge on any atom is 0.315 e. The normalized spacial score (nSPS) is 18.7. The van der Waals surface area contributed by atoms with Gasteiger partial charge in [0.2, 0.25) is 5.91 Å². The summed E-state index contributed by atoms with van der Waals surface area (Å²) in [6, 6.07) is 6.57. The lowest BCUT2D eigenvalue weighted by Gasteiger charge is -2.21. The number of carbonyl (C=O) groups is 2. The van der Waals surface area contributed by atoms with Crippen LogP contribution in [0.4, 0.5) is 10.5 Å². The Morgan fingerprint density at radius 1 is 1.33 bits per heavy atom. The van der Waals surface area contributed by atoms with E-state index in [0.29, 0.717) is 13.0 Å². The van der Waals surface area contributed by atoms with Crippen molar-refractivity contribution >= 4 is 17.6 Å². The number of nitrogens with two attached hydrogens (primary N) is 1. The van der Waals surface area contributed by atoms with Crippen LogP contribution >= 0.6 is 0 Å². The van der Waals surface area contributed by atoms with E-state index in [-0.39, 0.29) is 5.91 Å². The summed E-state index contributed by atoms with van der Waals surface area (Å²) in [7, 11) is 0. The lowest BCUT2D eigenvalue weighted by Crippen LogP contribution is -2.45. The average Bonchev–Trinajstić information content (AvgIpc) is 2.81. The monoisotopic (exact) mass is 247 g/mol. The van der Waals surface area contributed by atoms with Crippen LogP contribution in [-0.4, -0.2) is 29.4 Å². The van der Waals surface area contributed by atoms with Gasteiger partial charge in [0.25, 0.3) is 0 Å². The summed E-state index contributed by atoms with van der Waals surface area (Å²) in [4.78, 5) is 24.7. The highest BCUT2D eigenvalue weighted by Gasteiger charge is 2.32. The predicted octanol–water partition coefficient (Wildman–Crippen LogP) is 1.48. The van der Waals surface area contributed by atoms with E-state index in [9.17, 15) is 9.59 Å². The topological polar surface area (TPSA) is 75.4 Å². The Kier molecular flexibility index (Phi) is 3.50. The van der Waals surface area contributed by atoms with Gasteiger partial charge in [-0.15, -0.1) is 0 Å². The smallest absolute Gasteiger partial charge is 0.315 e. The van der Waals surface area contributed by atoms with Crippen LogP contribution in [0.5, 0.6) is 0 Å². The van der Waals surface area contributed by atoms with Gasteiger partial charge in [0.05, 0.1) is 0 Å². The molecule has 1 saturated heterocycles. The van der Waals surface area contributed by atoms with Gasteiger partial charge in [-0.1, -0.05) is 17.7 Å². The molecule has 1 heterocycles. The number of carbonyl (C=O) groups excluding carboxylic acids is 2. The molecule has 18 heavy (non-hydrogen) atoms. The van der Waals surface area contributed by atoms with E-state index in [0.717, 1.165) is 17.7 Å². The Labute approximate surface area is 106 Å². The molecule has 3 amide bonds. The largest absolute Gasteiger partial charge is 0.351 e. The van der Waals surface area contributed by atoms with Crippen molar-refractivity contribution in [1.29, 1.82) is 0 Å². The van der Waals surface area contributed by atoms with E-state index in [4.69, 9.17) is 5.73 Å². The Bertz CT molecular complexity index is 456. The van der Waals surface area contributed by atoms with Crippen LogP contribution in [0.1, 0.15) is 18.4 Å². The lowest BCUT2D eigenvalue weighted by molar-refractivity contribution is -0.119. The number of urea groups is 1. The summed E-state index contributed by atoms with van der Waals surface area (Å²) in [6.45, 7) is 2.54. The van der Waals surface area contributed by atoms with Crippen molar-refractivity contribution in [2.45, 2.75) is 25.8 Å². The van der Waals surface area contributed by atoms with Crippen molar-refractivity contribution < 1.29 is 9.59 Å². The minimum Gasteiger partial charge on any atom is -0.351 e. The van der Waals surface area contributed by atoms with Gasteiger partial charge in [0.15, 0.2) is 0 Å². The van der Waals surface area contributed by atoms with E-state index >= 15 is 0 Å². The maximum absolute atomic E-state index is 12.1. The van der Waals surface area contributed by atoms with Crippen LogP contribution < -0.4 is 11.1 Å². The summed E-state index contributed by atoms with van der Waals surface area (Å²) < 4.78 is 0. The van der Waals surface area contributed by atoms with Crippen molar-refractivity contribution in [1.82, 2.24) is 4.90 Å². The Morgan fingerprint density at radius 3 is 2.61 bits per heavy atom. The molecule has 0 saturated carbocycles. The minimum atomic E-state index is -0.531. The van der Waals surface area contributed by atoms with E-state index < -0.39 is 12.1 Å². The molecule has 1 fully saturated rings. The fourth-order valence-electron chi connectivity index (χ4n) is 2.17. The number of nitrogens with zero attached hydrogens (tertiary/aromatic N) is 1. The van der Waals surface area contributed by atoms with Gasteiger partial charge in [-0.25, -0.2) is 4.79 Å². The van der Waals surface area contributed by atoms with Gasteiger partial charge >= 0.3 is 6.03 Å². The number of anilines is 1. The molecule has 1 aliphatic heterocycles. The number of amides is 3. The van der Waals surface area contributed by atoms with Gasteiger partial charge in [-0.2, -0.15) is 0 Å². The number of nitrogens with one attached hydrogen (secondary N) is 1. The van der Waals surface area contributed by atoms with Crippen molar-refractivity contribution in [3.63, 3.8) is 0 Å². The van der Waals surface area contributed by atoms with E-state index in [1.807, 2.05) is 31.2 Å². The summed E-state index contributed by atoms with van der Waals surface area (Å²) in [5, 5.41) is 2.81. The molecule has 1 aromatic carbocycles. The molecule has 0 aromatic heterocycles. The molecule has 5 heteroatoms. The van der Waals surface area contributed by atoms with Crippen molar-refractivity contribution in [3.05, 3.63) is 29.8 Å². The Hall–Kier alpha value is -2.04. The maximum atomic E-state index is 12.1. The molecule has 5 nitrogen and oxygen atoms in total. The highest BCUT2D eigenvalue weighted by molar-refractivity contribution is 5.97. The Balaban J connectivity index is 2.03. The molecule has 0 unspecified atom stereocenters. The molecule has 1 aliphatic rings. The second kappa shape index (κ2) is 5.08. The molecule has 1 aromatic rings. The highest BCUT2D eigenvalue weighted by atomic mass is 16.2. The first-order chi connectivity index (χ1) is 8.58. The van der Waals surface area contributed by atoms with E-state index in [1.165, 1.54) is 4.90 Å². The molecule has 0 aliphatic carbocycles. The van der Waals surface area contributed by atoms with Crippen molar-refractivity contribution in [2.75, 3.05) is 11.9 Å². The van der Waals surface area contributed by atoms with Gasteiger partial charge in [-0.05, 0) is 31.9 Å². The SMILES string of the molecule is Cc1ccc(NC(=O)[C@@H]2CCCN2C(N)=O)cc1. The highest BCUT2D eigenvalue weighted by Crippen LogP contribution is 2.19. The zero-order chi connectivity index (χ0) is 13.1. The molecule has 0 bridgehead atoms. The molecular formula is C13H17N3O2. The van der Waals surface area contributed by atoms with Crippen LogP contribution in [0.15, 0.2) is 24.3 Å². The number of likely N-dealkylation sites (tertiary alicyclic amines) is 1. The minimum absolute atomic E-state index is 0.171. The molecule has 0 spiro atoms. The summed E-state index contributed by atoms with van der Waals surface area (Å²) in [5.41, 5.74) is 7.12. The molecule has 0 radical (unpaired) electrons. The quantitative estimate of drug-likeness (QED) is 0.830. The van der Waals surface area contributed by atoms with Gasteiger partial charge in [-0.3, -0.25) is 4.79 Å². The second-order valence-electron chi connectivity index (χ2n) is 4.54. The predicted molar refractivity (Wildman–Crippen MR) is 69.1 cm³/mol. The molecule has 3 N–H and O–H groups in total. The number of primary amides is 1. The summed E-state index contributed by atoms with van der Waals surface area (Å²) >= 11 is 0. The summed E-state index contributed by atoms with van der Waals surface area (Å²) in [6.07, 6.45) is 1.48.